The van der Waals surface area contributed by atoms with Gasteiger partial charge in [0.15, 0.2) is 0 Å². The molecule has 0 saturated heterocycles. The van der Waals surface area contributed by atoms with Crippen LogP contribution in [-0.4, -0.2) is 0 Å². The third-order valence-electron chi connectivity index (χ3n) is 2.49. The Morgan fingerprint density at radius 1 is 0.765 bits per heavy atom. The Morgan fingerprint density at radius 2 is 1.18 bits per heavy atom. The van der Waals surface area contributed by atoms with Crippen LogP contribution in [-0.2, 0) is 0 Å². The number of aryl methyl sites for hydroxylation is 2. The molecule has 2 rings (SSSR count). The van der Waals surface area contributed by atoms with Crippen molar-refractivity contribution in [3.8, 4) is 0 Å². The first-order valence-electron chi connectivity index (χ1n) is 5.26. The lowest BCUT2D eigenvalue weighted by atomic mass is 10.2. The number of halogens is 2. The number of rotatable bonds is 2. The fraction of sp³-hybridized carbons (Fsp3) is 0.143. The Morgan fingerprint density at radius 3 is 1.53 bits per heavy atom. The van der Waals surface area contributed by atoms with Gasteiger partial charge in [-0.15, -0.1) is 0 Å². The minimum absolute atomic E-state index is 0.234. The summed E-state index contributed by atoms with van der Waals surface area (Å²) in [6.07, 6.45) is 0. The van der Waals surface area contributed by atoms with E-state index >= 15 is 0 Å². The topological polar surface area (TPSA) is 0 Å². The molecule has 0 nitrogen and oxygen atoms in total. The van der Waals surface area contributed by atoms with Gasteiger partial charge in [-0.1, -0.05) is 11.8 Å². The first-order valence-corrected chi connectivity index (χ1v) is 6.08. The fourth-order valence-corrected chi connectivity index (χ4v) is 2.52. The van der Waals surface area contributed by atoms with Crippen molar-refractivity contribution in [2.24, 2.45) is 0 Å². The standard InChI is InChI=1S/C14H12F2S/c1-9-7-11(15)3-5-13(9)17-14-6-4-12(16)8-10(14)2/h3-8H,1-2H3. The minimum atomic E-state index is -0.234. The molecule has 0 aliphatic carbocycles. The van der Waals surface area contributed by atoms with E-state index in [4.69, 9.17) is 0 Å². The summed E-state index contributed by atoms with van der Waals surface area (Å²) >= 11 is 1.52. The molecule has 0 atom stereocenters. The molecular weight excluding hydrogens is 238 g/mol. The van der Waals surface area contributed by atoms with Crippen molar-refractivity contribution in [2.75, 3.05) is 0 Å². The van der Waals surface area contributed by atoms with Gasteiger partial charge in [0, 0.05) is 9.79 Å². The highest BCUT2D eigenvalue weighted by atomic mass is 32.2. The highest BCUT2D eigenvalue weighted by Gasteiger charge is 2.05. The van der Waals surface area contributed by atoms with Gasteiger partial charge in [-0.25, -0.2) is 8.78 Å². The Labute approximate surface area is 104 Å². The van der Waals surface area contributed by atoms with E-state index in [1.165, 1.54) is 36.0 Å². The highest BCUT2D eigenvalue weighted by Crippen LogP contribution is 2.32. The van der Waals surface area contributed by atoms with Crippen LogP contribution < -0.4 is 0 Å². The van der Waals surface area contributed by atoms with Gasteiger partial charge in [-0.3, -0.25) is 0 Å². The zero-order valence-electron chi connectivity index (χ0n) is 9.63. The molecule has 0 N–H and O–H groups in total. The van der Waals surface area contributed by atoms with Crippen molar-refractivity contribution >= 4 is 11.8 Å². The van der Waals surface area contributed by atoms with Crippen LogP contribution in [0.1, 0.15) is 11.1 Å². The second-order valence-corrected chi connectivity index (χ2v) is 5.01. The molecule has 3 heteroatoms. The summed E-state index contributed by atoms with van der Waals surface area (Å²) in [7, 11) is 0. The van der Waals surface area contributed by atoms with Gasteiger partial charge >= 0.3 is 0 Å². The van der Waals surface area contributed by atoms with E-state index in [0.717, 1.165) is 20.9 Å². The molecule has 0 spiro atoms. The van der Waals surface area contributed by atoms with Gasteiger partial charge in [0.1, 0.15) is 11.6 Å². The van der Waals surface area contributed by atoms with Crippen LogP contribution in [0, 0.1) is 25.5 Å². The van der Waals surface area contributed by atoms with Crippen LogP contribution in [0.5, 0.6) is 0 Å². The summed E-state index contributed by atoms with van der Waals surface area (Å²) in [6.45, 7) is 3.73. The van der Waals surface area contributed by atoms with Gasteiger partial charge in [0.2, 0.25) is 0 Å². The lowest BCUT2D eigenvalue weighted by molar-refractivity contribution is 0.625. The summed E-state index contributed by atoms with van der Waals surface area (Å²) in [6, 6.07) is 9.38. The minimum Gasteiger partial charge on any atom is -0.207 e. The third kappa shape index (κ3) is 2.86. The average molecular weight is 250 g/mol. The first kappa shape index (κ1) is 12.1. The van der Waals surface area contributed by atoms with Gasteiger partial charge in [-0.2, -0.15) is 0 Å². The molecule has 17 heavy (non-hydrogen) atoms. The number of hydrogen-bond donors (Lipinski definition) is 0. The smallest absolute Gasteiger partial charge is 0.123 e. The Hall–Kier alpha value is -1.35. The van der Waals surface area contributed by atoms with Crippen molar-refractivity contribution in [2.45, 2.75) is 23.6 Å². The lowest BCUT2D eigenvalue weighted by Gasteiger charge is -2.08. The molecule has 2 aromatic rings. The zero-order chi connectivity index (χ0) is 12.4. The first-order chi connectivity index (χ1) is 8.06. The molecular formula is C14H12F2S. The molecule has 0 aromatic heterocycles. The van der Waals surface area contributed by atoms with Crippen LogP contribution in [0.4, 0.5) is 8.78 Å². The molecule has 0 saturated carbocycles. The van der Waals surface area contributed by atoms with Crippen LogP contribution in [0.3, 0.4) is 0 Å². The fourth-order valence-electron chi connectivity index (χ4n) is 1.57. The molecule has 0 aliphatic heterocycles. The molecule has 0 fully saturated rings. The van der Waals surface area contributed by atoms with Crippen molar-refractivity contribution in [3.05, 3.63) is 59.2 Å². The Bertz CT molecular complexity index is 500. The molecule has 0 radical (unpaired) electrons. The summed E-state index contributed by atoms with van der Waals surface area (Å²) < 4.78 is 25.9. The van der Waals surface area contributed by atoms with E-state index in [1.807, 2.05) is 13.8 Å². The van der Waals surface area contributed by atoms with Gasteiger partial charge in [-0.05, 0) is 61.4 Å². The monoisotopic (exact) mass is 250 g/mol. The van der Waals surface area contributed by atoms with Crippen LogP contribution in [0.15, 0.2) is 46.2 Å². The van der Waals surface area contributed by atoms with Crippen LogP contribution in [0.25, 0.3) is 0 Å². The second-order valence-electron chi connectivity index (χ2n) is 3.92. The lowest BCUT2D eigenvalue weighted by Crippen LogP contribution is -1.85. The number of benzene rings is 2. The van der Waals surface area contributed by atoms with E-state index < -0.39 is 0 Å². The maximum Gasteiger partial charge on any atom is 0.123 e. The molecule has 88 valence electrons. The van der Waals surface area contributed by atoms with Gasteiger partial charge < -0.3 is 0 Å². The van der Waals surface area contributed by atoms with Gasteiger partial charge in [0.25, 0.3) is 0 Å². The summed E-state index contributed by atoms with van der Waals surface area (Å²) in [5.41, 5.74) is 1.78. The molecule has 0 heterocycles. The summed E-state index contributed by atoms with van der Waals surface area (Å²) in [4.78, 5) is 1.97. The predicted molar refractivity (Wildman–Crippen MR) is 66.4 cm³/mol. The average Bonchev–Trinajstić information content (AvgIpc) is 2.25. The van der Waals surface area contributed by atoms with Crippen molar-refractivity contribution < 1.29 is 8.78 Å². The van der Waals surface area contributed by atoms with Crippen LogP contribution >= 0.6 is 11.8 Å². The Balaban J connectivity index is 2.31. The maximum atomic E-state index is 13.0. The summed E-state index contributed by atoms with van der Waals surface area (Å²) in [5.74, 6) is -0.467. The second kappa shape index (κ2) is 4.88. The highest BCUT2D eigenvalue weighted by molar-refractivity contribution is 7.99. The predicted octanol–water partition coefficient (Wildman–Crippen LogP) is 4.73. The molecule has 0 unspecified atom stereocenters. The SMILES string of the molecule is Cc1cc(F)ccc1Sc1ccc(F)cc1C. The van der Waals surface area contributed by atoms with E-state index in [-0.39, 0.29) is 11.6 Å². The van der Waals surface area contributed by atoms with Crippen molar-refractivity contribution in [1.82, 2.24) is 0 Å². The van der Waals surface area contributed by atoms with E-state index in [1.54, 1.807) is 12.1 Å². The quantitative estimate of drug-likeness (QED) is 0.742. The molecule has 0 bridgehead atoms. The zero-order valence-corrected chi connectivity index (χ0v) is 10.4. The van der Waals surface area contributed by atoms with Gasteiger partial charge in [0.05, 0.1) is 0 Å². The third-order valence-corrected chi connectivity index (χ3v) is 3.85. The van der Waals surface area contributed by atoms with E-state index in [2.05, 4.69) is 0 Å². The summed E-state index contributed by atoms with van der Waals surface area (Å²) in [5, 5.41) is 0. The largest absolute Gasteiger partial charge is 0.207 e. The molecule has 0 amide bonds. The molecule has 2 aromatic carbocycles. The maximum absolute atomic E-state index is 13.0. The number of hydrogen-bond acceptors (Lipinski definition) is 1. The van der Waals surface area contributed by atoms with Crippen molar-refractivity contribution in [3.63, 3.8) is 0 Å². The molecule has 0 aliphatic rings. The van der Waals surface area contributed by atoms with E-state index in [0.29, 0.717) is 0 Å². The Kier molecular flexibility index (Phi) is 3.48. The van der Waals surface area contributed by atoms with Crippen LogP contribution in [0.2, 0.25) is 0 Å². The normalized spacial score (nSPS) is 10.6. The van der Waals surface area contributed by atoms with Crippen molar-refractivity contribution in [1.29, 1.82) is 0 Å². The van der Waals surface area contributed by atoms with E-state index in [9.17, 15) is 8.78 Å².